The van der Waals surface area contributed by atoms with Crippen LogP contribution in [0.15, 0.2) is 42.5 Å². The van der Waals surface area contributed by atoms with E-state index in [1.54, 1.807) is 0 Å². The van der Waals surface area contributed by atoms with Crippen molar-refractivity contribution in [2.45, 2.75) is 33.7 Å². The van der Waals surface area contributed by atoms with Gasteiger partial charge < -0.3 is 10.1 Å². The molecule has 1 atom stereocenters. The molecule has 3 heteroatoms. The van der Waals surface area contributed by atoms with Gasteiger partial charge in [0.1, 0.15) is 5.75 Å². The summed E-state index contributed by atoms with van der Waals surface area (Å²) in [6, 6.07) is 13.6. The third kappa shape index (κ3) is 4.10. The molecule has 0 radical (unpaired) electrons. The third-order valence-corrected chi connectivity index (χ3v) is 3.84. The van der Waals surface area contributed by atoms with Crippen LogP contribution in [0, 0.1) is 20.8 Å². The molecule has 116 valence electrons. The first-order chi connectivity index (χ1) is 10.5. The normalized spacial score (nSPS) is 11.8. The summed E-state index contributed by atoms with van der Waals surface area (Å²) < 4.78 is 5.47. The Kier molecular flexibility index (Phi) is 5.21. The zero-order valence-electron chi connectivity index (χ0n) is 13.6. The molecule has 0 aliphatic carbocycles. The fourth-order valence-electron chi connectivity index (χ4n) is 2.48. The lowest BCUT2D eigenvalue weighted by atomic mass is 9.96. The van der Waals surface area contributed by atoms with Gasteiger partial charge in [0, 0.05) is 0 Å². The number of nitrogens with one attached hydrogen (secondary N) is 1. The molecule has 0 spiro atoms. The maximum atomic E-state index is 12.0. The Hall–Kier alpha value is -2.29. The molecule has 0 bridgehead atoms. The molecule has 2 aromatic carbocycles. The van der Waals surface area contributed by atoms with Crippen molar-refractivity contribution in [3.63, 3.8) is 0 Å². The number of aryl methyl sites for hydroxylation is 3. The van der Waals surface area contributed by atoms with Crippen LogP contribution in [0.5, 0.6) is 5.75 Å². The number of hydrogen-bond donors (Lipinski definition) is 1. The molecule has 0 aromatic heterocycles. The predicted octanol–water partition coefficient (Wildman–Crippen LogP) is 3.87. The van der Waals surface area contributed by atoms with Crippen LogP contribution in [-0.2, 0) is 4.79 Å². The quantitative estimate of drug-likeness (QED) is 0.910. The van der Waals surface area contributed by atoms with E-state index in [-0.39, 0.29) is 18.6 Å². The lowest BCUT2D eigenvalue weighted by Gasteiger charge is -2.18. The number of benzene rings is 2. The second kappa shape index (κ2) is 7.12. The Morgan fingerprint density at radius 1 is 1.05 bits per heavy atom. The Balaban J connectivity index is 1.95. The molecule has 2 rings (SSSR count). The van der Waals surface area contributed by atoms with E-state index in [4.69, 9.17) is 4.74 Å². The van der Waals surface area contributed by atoms with Crippen molar-refractivity contribution in [2.75, 3.05) is 6.61 Å². The van der Waals surface area contributed by atoms with E-state index in [0.29, 0.717) is 5.75 Å². The average molecular weight is 297 g/mol. The summed E-state index contributed by atoms with van der Waals surface area (Å²) in [6.45, 7) is 8.29. The fourth-order valence-corrected chi connectivity index (χ4v) is 2.48. The Morgan fingerprint density at radius 3 is 2.36 bits per heavy atom. The molecule has 0 heterocycles. The van der Waals surface area contributed by atoms with Gasteiger partial charge in [-0.15, -0.1) is 0 Å². The number of rotatable bonds is 5. The molecular formula is C19H23NO2. The molecule has 0 unspecified atom stereocenters. The van der Waals surface area contributed by atoms with Gasteiger partial charge in [-0.25, -0.2) is 0 Å². The van der Waals surface area contributed by atoms with E-state index in [0.717, 1.165) is 5.56 Å². The van der Waals surface area contributed by atoms with Gasteiger partial charge in [0.25, 0.3) is 5.91 Å². The highest BCUT2D eigenvalue weighted by Crippen LogP contribution is 2.21. The molecule has 0 aliphatic heterocycles. The van der Waals surface area contributed by atoms with E-state index in [1.807, 2.05) is 37.3 Å². The number of ether oxygens (including phenoxy) is 1. The second-order valence-electron chi connectivity index (χ2n) is 5.68. The van der Waals surface area contributed by atoms with Crippen LogP contribution in [0.4, 0.5) is 0 Å². The summed E-state index contributed by atoms with van der Waals surface area (Å²) in [7, 11) is 0. The van der Waals surface area contributed by atoms with Crippen LogP contribution >= 0.6 is 0 Å². The van der Waals surface area contributed by atoms with Crippen molar-refractivity contribution in [3.8, 4) is 5.75 Å². The van der Waals surface area contributed by atoms with E-state index < -0.39 is 0 Å². The van der Waals surface area contributed by atoms with Crippen molar-refractivity contribution >= 4 is 5.91 Å². The zero-order chi connectivity index (χ0) is 16.1. The monoisotopic (exact) mass is 297 g/mol. The maximum Gasteiger partial charge on any atom is 0.258 e. The van der Waals surface area contributed by atoms with Gasteiger partial charge in [0.05, 0.1) is 6.04 Å². The van der Waals surface area contributed by atoms with Crippen LogP contribution < -0.4 is 10.1 Å². The van der Waals surface area contributed by atoms with E-state index in [1.165, 1.54) is 16.7 Å². The molecule has 0 fully saturated rings. The smallest absolute Gasteiger partial charge is 0.258 e. The highest BCUT2D eigenvalue weighted by atomic mass is 16.5. The Labute approximate surface area is 132 Å². The first-order valence-corrected chi connectivity index (χ1v) is 7.52. The second-order valence-corrected chi connectivity index (χ2v) is 5.68. The summed E-state index contributed by atoms with van der Waals surface area (Å²) in [4.78, 5) is 12.0. The van der Waals surface area contributed by atoms with E-state index in [2.05, 4.69) is 38.2 Å². The van der Waals surface area contributed by atoms with Crippen LogP contribution in [0.1, 0.15) is 35.2 Å². The summed E-state index contributed by atoms with van der Waals surface area (Å²) in [6.07, 6.45) is 0. The first kappa shape index (κ1) is 16.1. The summed E-state index contributed by atoms with van der Waals surface area (Å²) in [5.74, 6) is 0.585. The first-order valence-electron chi connectivity index (χ1n) is 7.52. The van der Waals surface area contributed by atoms with Gasteiger partial charge in [0.15, 0.2) is 6.61 Å². The average Bonchev–Trinajstić information content (AvgIpc) is 2.50. The van der Waals surface area contributed by atoms with Crippen LogP contribution in [0.25, 0.3) is 0 Å². The Morgan fingerprint density at radius 2 is 1.68 bits per heavy atom. The van der Waals surface area contributed by atoms with Crippen LogP contribution in [0.2, 0.25) is 0 Å². The minimum Gasteiger partial charge on any atom is -0.484 e. The standard InChI is InChI=1S/C19H23NO2/c1-13-10-15(3)18(11-14(13)2)16(4)20-19(21)12-22-17-8-6-5-7-9-17/h5-11,16H,12H2,1-4H3,(H,20,21)/t16-/m0/s1. The van der Waals surface area contributed by atoms with Crippen LogP contribution in [-0.4, -0.2) is 12.5 Å². The number of para-hydroxylation sites is 1. The molecule has 1 amide bonds. The van der Waals surface area contributed by atoms with Crippen molar-refractivity contribution in [3.05, 3.63) is 64.7 Å². The predicted molar refractivity (Wildman–Crippen MR) is 89.1 cm³/mol. The summed E-state index contributed by atoms with van der Waals surface area (Å²) >= 11 is 0. The molecule has 1 N–H and O–H groups in total. The van der Waals surface area contributed by atoms with Crippen LogP contribution in [0.3, 0.4) is 0 Å². The molecule has 22 heavy (non-hydrogen) atoms. The summed E-state index contributed by atoms with van der Waals surface area (Å²) in [5.41, 5.74) is 4.85. The topological polar surface area (TPSA) is 38.3 Å². The van der Waals surface area contributed by atoms with Crippen molar-refractivity contribution in [1.29, 1.82) is 0 Å². The molecular weight excluding hydrogens is 274 g/mol. The Bertz CT molecular complexity index is 650. The van der Waals surface area contributed by atoms with E-state index in [9.17, 15) is 4.79 Å². The fraction of sp³-hybridized carbons (Fsp3) is 0.316. The third-order valence-electron chi connectivity index (χ3n) is 3.84. The van der Waals surface area contributed by atoms with Gasteiger partial charge >= 0.3 is 0 Å². The number of carbonyl (C=O) groups is 1. The van der Waals surface area contributed by atoms with Gasteiger partial charge in [-0.1, -0.05) is 30.3 Å². The van der Waals surface area contributed by atoms with Crippen molar-refractivity contribution in [1.82, 2.24) is 5.32 Å². The molecule has 2 aromatic rings. The highest BCUT2D eigenvalue weighted by molar-refractivity contribution is 5.78. The highest BCUT2D eigenvalue weighted by Gasteiger charge is 2.13. The lowest BCUT2D eigenvalue weighted by Crippen LogP contribution is -2.31. The molecule has 0 saturated heterocycles. The van der Waals surface area contributed by atoms with Crippen molar-refractivity contribution in [2.24, 2.45) is 0 Å². The molecule has 0 saturated carbocycles. The van der Waals surface area contributed by atoms with Crippen molar-refractivity contribution < 1.29 is 9.53 Å². The van der Waals surface area contributed by atoms with Gasteiger partial charge in [-0.2, -0.15) is 0 Å². The minimum atomic E-state index is -0.117. The molecule has 0 aliphatic rings. The zero-order valence-corrected chi connectivity index (χ0v) is 13.6. The molecule has 3 nitrogen and oxygen atoms in total. The SMILES string of the molecule is Cc1cc(C)c([C@H](C)NC(=O)COc2ccccc2)cc1C. The number of carbonyl (C=O) groups excluding carboxylic acids is 1. The van der Waals surface area contributed by atoms with Gasteiger partial charge in [-0.05, 0) is 62.1 Å². The lowest BCUT2D eigenvalue weighted by molar-refractivity contribution is -0.123. The largest absolute Gasteiger partial charge is 0.484 e. The van der Waals surface area contributed by atoms with E-state index >= 15 is 0 Å². The number of hydrogen-bond acceptors (Lipinski definition) is 2. The van der Waals surface area contributed by atoms with Gasteiger partial charge in [-0.3, -0.25) is 4.79 Å². The van der Waals surface area contributed by atoms with Gasteiger partial charge in [0.2, 0.25) is 0 Å². The summed E-state index contributed by atoms with van der Waals surface area (Å²) in [5, 5.41) is 2.99. The number of amides is 1. The maximum absolute atomic E-state index is 12.0. The minimum absolute atomic E-state index is 0.0260.